The molecule has 1 atom stereocenters. The van der Waals surface area contributed by atoms with Crippen molar-refractivity contribution in [1.82, 2.24) is 4.90 Å². The largest absolute Gasteiger partial charge is 0.493 e. The van der Waals surface area contributed by atoms with Gasteiger partial charge in [-0.25, -0.2) is 0 Å². The zero-order valence-corrected chi connectivity index (χ0v) is 12.7. The molecule has 1 unspecified atom stereocenters. The van der Waals surface area contributed by atoms with Crippen molar-refractivity contribution in [2.24, 2.45) is 5.92 Å². The Morgan fingerprint density at radius 2 is 2.29 bits per heavy atom. The van der Waals surface area contributed by atoms with Gasteiger partial charge in [0.25, 0.3) is 5.69 Å². The smallest absolute Gasteiger partial charge is 0.275 e. The highest BCUT2D eigenvalue weighted by atomic mass is 16.6. The minimum Gasteiger partial charge on any atom is -0.493 e. The van der Waals surface area contributed by atoms with E-state index < -0.39 is 0 Å². The van der Waals surface area contributed by atoms with Crippen LogP contribution in [-0.2, 0) is 0 Å². The van der Waals surface area contributed by atoms with E-state index in [0.717, 1.165) is 38.2 Å². The summed E-state index contributed by atoms with van der Waals surface area (Å²) in [6, 6.07) is 4.88. The third-order valence-corrected chi connectivity index (χ3v) is 3.66. The molecular weight excluding hydrogens is 270 g/mol. The van der Waals surface area contributed by atoms with Crippen LogP contribution < -0.4 is 10.1 Å². The van der Waals surface area contributed by atoms with E-state index >= 15 is 0 Å². The molecule has 2 rings (SSSR count). The molecule has 1 fully saturated rings. The molecule has 6 nitrogen and oxygen atoms in total. The number of nitrogens with one attached hydrogen (secondary N) is 1. The third kappa shape index (κ3) is 4.60. The van der Waals surface area contributed by atoms with Gasteiger partial charge in [0, 0.05) is 30.9 Å². The molecule has 0 saturated carbocycles. The normalized spacial score (nSPS) is 18.7. The quantitative estimate of drug-likeness (QED) is 0.618. The predicted molar refractivity (Wildman–Crippen MR) is 83.0 cm³/mol. The summed E-state index contributed by atoms with van der Waals surface area (Å²) in [5.41, 5.74) is 0.819. The second-order valence-electron chi connectivity index (χ2n) is 5.62. The summed E-state index contributed by atoms with van der Waals surface area (Å²) in [6.07, 6.45) is 2.04. The van der Waals surface area contributed by atoms with Gasteiger partial charge in [-0.2, -0.15) is 0 Å². The number of nitro groups is 1. The fraction of sp³-hybridized carbons (Fsp3) is 0.600. The molecule has 0 spiro atoms. The van der Waals surface area contributed by atoms with Gasteiger partial charge in [-0.15, -0.1) is 0 Å². The van der Waals surface area contributed by atoms with Crippen LogP contribution in [0.2, 0.25) is 0 Å². The molecule has 0 radical (unpaired) electrons. The molecule has 0 amide bonds. The van der Waals surface area contributed by atoms with Gasteiger partial charge < -0.3 is 15.0 Å². The number of rotatable bonds is 7. The minimum absolute atomic E-state index is 0.0645. The molecule has 1 aromatic carbocycles. The second-order valence-corrected chi connectivity index (χ2v) is 5.62. The van der Waals surface area contributed by atoms with Crippen molar-refractivity contribution in [2.45, 2.75) is 19.8 Å². The molecule has 0 aromatic heterocycles. The summed E-state index contributed by atoms with van der Waals surface area (Å²) in [5.74, 6) is 1.14. The Hall–Kier alpha value is -1.82. The minimum atomic E-state index is -0.382. The van der Waals surface area contributed by atoms with Crippen molar-refractivity contribution < 1.29 is 9.66 Å². The van der Waals surface area contributed by atoms with Gasteiger partial charge in [0.2, 0.25) is 0 Å². The highest BCUT2D eigenvalue weighted by Crippen LogP contribution is 2.27. The summed E-state index contributed by atoms with van der Waals surface area (Å²) < 4.78 is 5.52. The van der Waals surface area contributed by atoms with Crippen LogP contribution in [0, 0.1) is 16.0 Å². The van der Waals surface area contributed by atoms with Crippen LogP contribution in [0.1, 0.15) is 19.8 Å². The first-order chi connectivity index (χ1) is 10.1. The Kier molecular flexibility index (Phi) is 5.38. The van der Waals surface area contributed by atoms with E-state index in [1.807, 2.05) is 13.0 Å². The standard InChI is InChI=1S/C15H23N3O3/c1-3-6-21-15-8-13(7-14(9-15)18(19)20)16-10-12-4-5-17(2)11-12/h7-9,12,16H,3-6,10-11H2,1-2H3. The molecule has 1 aliphatic rings. The summed E-state index contributed by atoms with van der Waals surface area (Å²) in [5, 5.41) is 14.3. The number of nitro benzene ring substituents is 1. The van der Waals surface area contributed by atoms with Crippen molar-refractivity contribution in [3.63, 3.8) is 0 Å². The van der Waals surface area contributed by atoms with E-state index in [1.165, 1.54) is 6.07 Å². The monoisotopic (exact) mass is 293 g/mol. The highest BCUT2D eigenvalue weighted by molar-refractivity contribution is 5.56. The van der Waals surface area contributed by atoms with E-state index in [9.17, 15) is 10.1 Å². The summed E-state index contributed by atoms with van der Waals surface area (Å²) >= 11 is 0. The van der Waals surface area contributed by atoms with Gasteiger partial charge in [-0.1, -0.05) is 6.92 Å². The number of anilines is 1. The first-order valence-electron chi connectivity index (χ1n) is 7.43. The second kappa shape index (κ2) is 7.26. The van der Waals surface area contributed by atoms with E-state index in [1.54, 1.807) is 6.07 Å². The lowest BCUT2D eigenvalue weighted by atomic mass is 10.1. The van der Waals surface area contributed by atoms with Gasteiger partial charge >= 0.3 is 0 Å². The first kappa shape index (κ1) is 15.6. The van der Waals surface area contributed by atoms with E-state index in [0.29, 0.717) is 18.3 Å². The van der Waals surface area contributed by atoms with Gasteiger partial charge in [-0.3, -0.25) is 10.1 Å². The van der Waals surface area contributed by atoms with Crippen LogP contribution in [0.3, 0.4) is 0 Å². The lowest BCUT2D eigenvalue weighted by Gasteiger charge is -2.14. The Morgan fingerprint density at radius 1 is 1.48 bits per heavy atom. The average molecular weight is 293 g/mol. The highest BCUT2D eigenvalue weighted by Gasteiger charge is 2.19. The SMILES string of the molecule is CCCOc1cc(NCC2CCN(C)C2)cc([N+](=O)[O-])c1. The van der Waals surface area contributed by atoms with Crippen LogP contribution in [0.4, 0.5) is 11.4 Å². The van der Waals surface area contributed by atoms with Crippen molar-refractivity contribution in [3.8, 4) is 5.75 Å². The number of ether oxygens (including phenoxy) is 1. The molecule has 0 aliphatic carbocycles. The molecule has 1 N–H and O–H groups in total. The maximum atomic E-state index is 11.0. The topological polar surface area (TPSA) is 67.6 Å². The van der Waals surface area contributed by atoms with Crippen LogP contribution in [0.25, 0.3) is 0 Å². The molecule has 6 heteroatoms. The van der Waals surface area contributed by atoms with Crippen molar-refractivity contribution in [1.29, 1.82) is 0 Å². The summed E-state index contributed by atoms with van der Waals surface area (Å²) in [4.78, 5) is 12.9. The molecule has 1 aliphatic heterocycles. The molecule has 116 valence electrons. The number of hydrogen-bond acceptors (Lipinski definition) is 5. The first-order valence-corrected chi connectivity index (χ1v) is 7.43. The van der Waals surface area contributed by atoms with Gasteiger partial charge in [0.1, 0.15) is 5.75 Å². The Bertz CT molecular complexity index is 493. The number of non-ortho nitro benzene ring substituents is 1. The zero-order valence-electron chi connectivity index (χ0n) is 12.7. The van der Waals surface area contributed by atoms with Crippen molar-refractivity contribution in [2.75, 3.05) is 38.6 Å². The number of benzene rings is 1. The number of likely N-dealkylation sites (tertiary alicyclic amines) is 1. The van der Waals surface area contributed by atoms with E-state index in [-0.39, 0.29) is 10.6 Å². The fourth-order valence-electron chi connectivity index (χ4n) is 2.55. The van der Waals surface area contributed by atoms with Gasteiger partial charge in [0.15, 0.2) is 0 Å². The number of hydrogen-bond donors (Lipinski definition) is 1. The van der Waals surface area contributed by atoms with E-state index in [2.05, 4.69) is 17.3 Å². The zero-order chi connectivity index (χ0) is 15.2. The lowest BCUT2D eigenvalue weighted by molar-refractivity contribution is -0.384. The summed E-state index contributed by atoms with van der Waals surface area (Å²) in [7, 11) is 2.12. The van der Waals surface area contributed by atoms with Crippen LogP contribution in [0.15, 0.2) is 18.2 Å². The molecular formula is C15H23N3O3. The maximum absolute atomic E-state index is 11.0. The average Bonchev–Trinajstić information content (AvgIpc) is 2.88. The molecule has 1 heterocycles. The Morgan fingerprint density at radius 3 is 2.90 bits per heavy atom. The lowest BCUT2D eigenvalue weighted by Crippen LogP contribution is -2.19. The Labute approximate surface area is 125 Å². The van der Waals surface area contributed by atoms with Crippen LogP contribution >= 0.6 is 0 Å². The third-order valence-electron chi connectivity index (χ3n) is 3.66. The van der Waals surface area contributed by atoms with Crippen LogP contribution in [-0.4, -0.2) is 43.1 Å². The van der Waals surface area contributed by atoms with E-state index in [4.69, 9.17) is 4.74 Å². The summed E-state index contributed by atoms with van der Waals surface area (Å²) in [6.45, 7) is 5.59. The molecule has 0 bridgehead atoms. The van der Waals surface area contributed by atoms with Crippen molar-refractivity contribution in [3.05, 3.63) is 28.3 Å². The number of nitrogens with zero attached hydrogens (tertiary/aromatic N) is 2. The van der Waals surface area contributed by atoms with Crippen LogP contribution in [0.5, 0.6) is 5.75 Å². The molecule has 1 saturated heterocycles. The maximum Gasteiger partial charge on any atom is 0.275 e. The van der Waals surface area contributed by atoms with Gasteiger partial charge in [-0.05, 0) is 32.4 Å². The van der Waals surface area contributed by atoms with Crippen molar-refractivity contribution >= 4 is 11.4 Å². The molecule has 1 aromatic rings. The predicted octanol–water partition coefficient (Wildman–Crippen LogP) is 2.75. The fourth-order valence-corrected chi connectivity index (χ4v) is 2.55. The van der Waals surface area contributed by atoms with Gasteiger partial charge in [0.05, 0.1) is 17.6 Å². The molecule has 21 heavy (non-hydrogen) atoms. The Balaban J connectivity index is 2.02.